The van der Waals surface area contributed by atoms with Crippen molar-refractivity contribution in [3.05, 3.63) is 64.9 Å². The third-order valence-corrected chi connectivity index (χ3v) is 5.20. The van der Waals surface area contributed by atoms with Gasteiger partial charge in [-0.2, -0.15) is 0 Å². The van der Waals surface area contributed by atoms with E-state index in [0.29, 0.717) is 24.6 Å². The molecule has 0 saturated heterocycles. The van der Waals surface area contributed by atoms with Crippen LogP contribution in [0.5, 0.6) is 5.75 Å². The van der Waals surface area contributed by atoms with Crippen LogP contribution >= 0.6 is 11.3 Å². The van der Waals surface area contributed by atoms with Gasteiger partial charge in [0.2, 0.25) is 0 Å². The zero-order valence-electron chi connectivity index (χ0n) is 13.8. The Kier molecular flexibility index (Phi) is 4.45. The number of carbonyl (C=O) groups is 2. The second kappa shape index (κ2) is 7.05. The zero-order valence-corrected chi connectivity index (χ0v) is 14.6. The van der Waals surface area contributed by atoms with Gasteiger partial charge in [-0.3, -0.25) is 9.59 Å². The van der Waals surface area contributed by atoms with E-state index >= 15 is 0 Å². The highest BCUT2D eigenvalue weighted by Gasteiger charge is 2.22. The number of para-hydroxylation sites is 1. The third-order valence-electron chi connectivity index (χ3n) is 3.99. The highest BCUT2D eigenvalue weighted by atomic mass is 32.1. The average Bonchev–Trinajstić information content (AvgIpc) is 3.34. The van der Waals surface area contributed by atoms with Crippen molar-refractivity contribution in [2.75, 3.05) is 13.1 Å². The molecule has 0 aliphatic carbocycles. The minimum Gasteiger partial charge on any atom is -0.488 e. The summed E-state index contributed by atoms with van der Waals surface area (Å²) in [5.41, 5.74) is 2.04. The molecule has 132 valence electrons. The van der Waals surface area contributed by atoms with Crippen LogP contribution in [0.4, 0.5) is 0 Å². The smallest absolute Gasteiger partial charge is 0.287 e. The Balaban J connectivity index is 1.35. The standard InChI is InChI=1S/C19H16N2O4S/c22-18(15-6-3-9-24-15)20-7-8-21-19(23)16-10-12-11-25-14-5-2-1-4-13(14)17(12)26-16/h1-6,9-10H,7-8,11H2,(H,20,22)(H,21,23). The van der Waals surface area contributed by atoms with E-state index in [1.54, 1.807) is 12.1 Å². The monoisotopic (exact) mass is 368 g/mol. The number of carbonyl (C=O) groups excluding carboxylic acids is 2. The van der Waals surface area contributed by atoms with Crippen molar-refractivity contribution in [3.63, 3.8) is 0 Å². The first-order chi connectivity index (χ1) is 12.7. The lowest BCUT2D eigenvalue weighted by Crippen LogP contribution is -2.34. The minimum atomic E-state index is -0.301. The molecule has 2 amide bonds. The maximum atomic E-state index is 12.4. The number of hydrogen-bond acceptors (Lipinski definition) is 5. The molecule has 3 heterocycles. The van der Waals surface area contributed by atoms with E-state index in [2.05, 4.69) is 10.6 Å². The lowest BCUT2D eigenvalue weighted by molar-refractivity contribution is 0.0911. The topological polar surface area (TPSA) is 80.6 Å². The second-order valence-electron chi connectivity index (χ2n) is 5.74. The van der Waals surface area contributed by atoms with Gasteiger partial charge in [0.15, 0.2) is 5.76 Å². The van der Waals surface area contributed by atoms with Gasteiger partial charge in [0, 0.05) is 29.1 Å². The van der Waals surface area contributed by atoms with Crippen molar-refractivity contribution in [1.29, 1.82) is 0 Å². The highest BCUT2D eigenvalue weighted by molar-refractivity contribution is 7.17. The summed E-state index contributed by atoms with van der Waals surface area (Å²) >= 11 is 1.45. The maximum absolute atomic E-state index is 12.4. The number of fused-ring (bicyclic) bond motifs is 3. The van der Waals surface area contributed by atoms with Gasteiger partial charge >= 0.3 is 0 Å². The van der Waals surface area contributed by atoms with Crippen molar-refractivity contribution in [2.24, 2.45) is 0 Å². The summed E-state index contributed by atoms with van der Waals surface area (Å²) in [6, 6.07) is 12.9. The van der Waals surface area contributed by atoms with Gasteiger partial charge in [-0.25, -0.2) is 0 Å². The number of ether oxygens (including phenoxy) is 1. The van der Waals surface area contributed by atoms with E-state index in [1.165, 1.54) is 17.6 Å². The molecule has 0 fully saturated rings. The van der Waals surface area contributed by atoms with Crippen LogP contribution in [0.25, 0.3) is 10.4 Å². The molecule has 1 aliphatic rings. The van der Waals surface area contributed by atoms with Crippen LogP contribution < -0.4 is 15.4 Å². The van der Waals surface area contributed by atoms with Gasteiger partial charge in [0.1, 0.15) is 12.4 Å². The van der Waals surface area contributed by atoms with Crippen molar-refractivity contribution >= 4 is 23.2 Å². The van der Waals surface area contributed by atoms with Gasteiger partial charge < -0.3 is 19.8 Å². The molecular weight excluding hydrogens is 352 g/mol. The van der Waals surface area contributed by atoms with Crippen molar-refractivity contribution in [1.82, 2.24) is 10.6 Å². The summed E-state index contributed by atoms with van der Waals surface area (Å²) in [6.45, 7) is 1.12. The molecule has 0 atom stereocenters. The third kappa shape index (κ3) is 3.21. The van der Waals surface area contributed by atoms with Gasteiger partial charge in [0.05, 0.1) is 11.1 Å². The molecule has 7 heteroatoms. The van der Waals surface area contributed by atoms with Crippen LogP contribution in [0.2, 0.25) is 0 Å². The van der Waals surface area contributed by atoms with E-state index < -0.39 is 0 Å². The molecule has 0 bridgehead atoms. The Morgan fingerprint density at radius 3 is 2.65 bits per heavy atom. The molecule has 4 rings (SSSR count). The lowest BCUT2D eigenvalue weighted by atomic mass is 10.1. The van der Waals surface area contributed by atoms with E-state index in [9.17, 15) is 9.59 Å². The van der Waals surface area contributed by atoms with Crippen LogP contribution in [-0.2, 0) is 6.61 Å². The van der Waals surface area contributed by atoms with E-state index in [0.717, 1.165) is 21.8 Å². The SMILES string of the molecule is O=C(NCCNC(=O)c1cc2c(s1)-c1ccccc1OC2)c1ccco1. The fraction of sp³-hybridized carbons (Fsp3) is 0.158. The molecule has 3 aromatic rings. The average molecular weight is 368 g/mol. The number of hydrogen-bond donors (Lipinski definition) is 2. The highest BCUT2D eigenvalue weighted by Crippen LogP contribution is 2.42. The van der Waals surface area contributed by atoms with Crippen LogP contribution in [-0.4, -0.2) is 24.9 Å². The van der Waals surface area contributed by atoms with Crippen LogP contribution in [0.1, 0.15) is 25.8 Å². The zero-order chi connectivity index (χ0) is 17.9. The Bertz CT molecular complexity index is 946. The van der Waals surface area contributed by atoms with Crippen molar-refractivity contribution in [3.8, 4) is 16.2 Å². The molecule has 2 aromatic heterocycles. The molecule has 1 aromatic carbocycles. The number of nitrogens with one attached hydrogen (secondary N) is 2. The summed E-state index contributed by atoms with van der Waals surface area (Å²) in [4.78, 5) is 25.8. The number of benzene rings is 1. The first-order valence-electron chi connectivity index (χ1n) is 8.17. The molecule has 26 heavy (non-hydrogen) atoms. The summed E-state index contributed by atoms with van der Waals surface area (Å²) in [6.07, 6.45) is 1.44. The molecule has 0 unspecified atom stereocenters. The molecule has 1 aliphatic heterocycles. The predicted molar refractivity (Wildman–Crippen MR) is 97.5 cm³/mol. The quantitative estimate of drug-likeness (QED) is 0.678. The maximum Gasteiger partial charge on any atom is 0.287 e. The van der Waals surface area contributed by atoms with Gasteiger partial charge in [-0.05, 0) is 30.3 Å². The van der Waals surface area contributed by atoms with Crippen LogP contribution in [0.3, 0.4) is 0 Å². The molecule has 0 radical (unpaired) electrons. The molecular formula is C19H16N2O4S. The number of amides is 2. The van der Waals surface area contributed by atoms with Crippen LogP contribution in [0, 0.1) is 0 Å². The van der Waals surface area contributed by atoms with Gasteiger partial charge in [-0.1, -0.05) is 12.1 Å². The largest absolute Gasteiger partial charge is 0.488 e. The minimum absolute atomic E-state index is 0.158. The Morgan fingerprint density at radius 1 is 1.04 bits per heavy atom. The van der Waals surface area contributed by atoms with Gasteiger partial charge in [-0.15, -0.1) is 11.3 Å². The number of furan rings is 1. The summed E-state index contributed by atoms with van der Waals surface area (Å²) < 4.78 is 10.7. The van der Waals surface area contributed by atoms with E-state index in [-0.39, 0.29) is 17.6 Å². The molecule has 0 saturated carbocycles. The predicted octanol–water partition coefficient (Wildman–Crippen LogP) is 3.06. The fourth-order valence-electron chi connectivity index (χ4n) is 2.75. The van der Waals surface area contributed by atoms with Gasteiger partial charge in [0.25, 0.3) is 11.8 Å². The fourth-order valence-corrected chi connectivity index (χ4v) is 3.86. The number of rotatable bonds is 5. The Hall–Kier alpha value is -3.06. The summed E-state index contributed by atoms with van der Waals surface area (Å²) in [5, 5.41) is 5.51. The first-order valence-corrected chi connectivity index (χ1v) is 8.99. The summed E-state index contributed by atoms with van der Waals surface area (Å²) in [5.74, 6) is 0.633. The van der Waals surface area contributed by atoms with E-state index in [1.807, 2.05) is 30.3 Å². The van der Waals surface area contributed by atoms with E-state index in [4.69, 9.17) is 9.15 Å². The second-order valence-corrected chi connectivity index (χ2v) is 6.79. The number of thiophene rings is 1. The summed E-state index contributed by atoms with van der Waals surface area (Å²) in [7, 11) is 0. The first kappa shape index (κ1) is 16.4. The molecule has 0 spiro atoms. The van der Waals surface area contributed by atoms with Crippen LogP contribution in [0.15, 0.2) is 53.1 Å². The van der Waals surface area contributed by atoms with Crippen molar-refractivity contribution in [2.45, 2.75) is 6.61 Å². The Morgan fingerprint density at radius 2 is 1.85 bits per heavy atom. The molecule has 2 N–H and O–H groups in total. The Labute approximate surface area is 153 Å². The van der Waals surface area contributed by atoms with Crippen molar-refractivity contribution < 1.29 is 18.7 Å². The normalized spacial score (nSPS) is 11.8. The lowest BCUT2D eigenvalue weighted by Gasteiger charge is -2.16. The molecule has 6 nitrogen and oxygen atoms in total.